The fourth-order valence-corrected chi connectivity index (χ4v) is 2.18. The second-order valence-corrected chi connectivity index (χ2v) is 7.17. The topological polar surface area (TPSA) is 112 Å². The van der Waals surface area contributed by atoms with Crippen LogP contribution in [0.1, 0.15) is 46.5 Å². The number of ether oxygens (including phenoxy) is 4. The van der Waals surface area contributed by atoms with Crippen LogP contribution in [0.2, 0.25) is 0 Å². The smallest absolute Gasteiger partial charge is 0.322 e. The van der Waals surface area contributed by atoms with E-state index in [4.69, 9.17) is 14.2 Å². The average molecular weight is 405 g/mol. The molecule has 0 saturated carbocycles. The highest BCUT2D eigenvalue weighted by molar-refractivity contribution is 5.79. The summed E-state index contributed by atoms with van der Waals surface area (Å²) in [5, 5.41) is 5.54. The first-order valence-corrected chi connectivity index (χ1v) is 9.58. The zero-order valence-electron chi connectivity index (χ0n) is 17.8. The van der Waals surface area contributed by atoms with Crippen molar-refractivity contribution in [3.63, 3.8) is 0 Å². The largest absolute Gasteiger partial charge is 0.468 e. The highest BCUT2D eigenvalue weighted by Crippen LogP contribution is 2.09. The second kappa shape index (κ2) is 15.2. The Morgan fingerprint density at radius 3 is 2.18 bits per heavy atom. The van der Waals surface area contributed by atoms with E-state index in [1.165, 1.54) is 7.11 Å². The predicted molar refractivity (Wildman–Crippen MR) is 104 cm³/mol. The summed E-state index contributed by atoms with van der Waals surface area (Å²) in [6, 6.07) is -0.487. The molecule has 0 fully saturated rings. The van der Waals surface area contributed by atoms with E-state index in [1.54, 1.807) is 7.05 Å². The Labute approximate surface area is 167 Å². The molecule has 0 aliphatic carbocycles. The molecule has 0 rings (SSSR count). The molecule has 0 aromatic carbocycles. The Morgan fingerprint density at radius 1 is 0.964 bits per heavy atom. The summed E-state index contributed by atoms with van der Waals surface area (Å²) in [5.41, 5.74) is -0.461. The predicted octanol–water partition coefficient (Wildman–Crippen LogP) is 0.799. The molecule has 1 amide bonds. The van der Waals surface area contributed by atoms with Crippen molar-refractivity contribution in [2.45, 2.75) is 58.1 Å². The maximum atomic E-state index is 11.7. The third-order valence-electron chi connectivity index (χ3n) is 3.52. The van der Waals surface area contributed by atoms with Crippen LogP contribution in [0.15, 0.2) is 0 Å². The molecule has 28 heavy (non-hydrogen) atoms. The molecule has 0 aliphatic heterocycles. The van der Waals surface area contributed by atoms with Gasteiger partial charge in [0.1, 0.15) is 11.6 Å². The molecule has 0 heterocycles. The summed E-state index contributed by atoms with van der Waals surface area (Å²) in [6.07, 6.45) is 1.52. The van der Waals surface area contributed by atoms with Crippen molar-refractivity contribution >= 4 is 17.8 Å². The molecular weight excluding hydrogens is 368 g/mol. The zero-order valence-corrected chi connectivity index (χ0v) is 17.8. The van der Waals surface area contributed by atoms with E-state index in [1.807, 2.05) is 20.8 Å². The van der Waals surface area contributed by atoms with Gasteiger partial charge in [-0.2, -0.15) is 0 Å². The third kappa shape index (κ3) is 15.4. The minimum Gasteiger partial charge on any atom is -0.468 e. The molecule has 0 saturated heterocycles. The van der Waals surface area contributed by atoms with Crippen LogP contribution in [-0.4, -0.2) is 76.6 Å². The molecule has 0 aliphatic rings. The fourth-order valence-electron chi connectivity index (χ4n) is 2.18. The summed E-state index contributed by atoms with van der Waals surface area (Å²) in [6.45, 7) is 7.57. The fraction of sp³-hybridized carbons (Fsp3) is 0.842. The number of hydrogen-bond donors (Lipinski definition) is 2. The molecule has 0 bridgehead atoms. The minimum absolute atomic E-state index is 0.147. The lowest BCUT2D eigenvalue weighted by molar-refractivity contribution is -0.155. The number of carbonyl (C=O) groups excluding carboxylic acids is 3. The maximum absolute atomic E-state index is 11.7. The number of likely N-dealkylation sites (N-methyl/N-ethyl adjacent to an activating group) is 1. The number of esters is 2. The number of amides is 1. The van der Waals surface area contributed by atoms with Gasteiger partial charge >= 0.3 is 11.9 Å². The van der Waals surface area contributed by atoms with Gasteiger partial charge < -0.3 is 29.6 Å². The first kappa shape index (κ1) is 26.3. The summed E-state index contributed by atoms with van der Waals surface area (Å²) in [5.74, 6) is -0.758. The van der Waals surface area contributed by atoms with Gasteiger partial charge in [-0.1, -0.05) is 0 Å². The monoisotopic (exact) mass is 404 g/mol. The lowest BCUT2D eigenvalue weighted by Crippen LogP contribution is -2.37. The van der Waals surface area contributed by atoms with Gasteiger partial charge in [0, 0.05) is 26.0 Å². The van der Waals surface area contributed by atoms with Crippen molar-refractivity contribution in [2.75, 3.05) is 47.1 Å². The van der Waals surface area contributed by atoms with E-state index >= 15 is 0 Å². The second-order valence-electron chi connectivity index (χ2n) is 7.17. The van der Waals surface area contributed by atoms with Crippen LogP contribution in [0.25, 0.3) is 0 Å². The molecule has 164 valence electrons. The molecular formula is C19H36N2O7. The molecule has 2 N–H and O–H groups in total. The van der Waals surface area contributed by atoms with Crippen LogP contribution in [-0.2, 0) is 33.3 Å². The lowest BCUT2D eigenvalue weighted by atomic mass is 10.1. The van der Waals surface area contributed by atoms with E-state index < -0.39 is 11.6 Å². The zero-order chi connectivity index (χ0) is 21.4. The standard InChI is InChI=1S/C19H36N2O7/c1-19(2,3)28-17(23)7-6-11-26-13-14-27-12-10-21-16(22)9-8-15(20-4)18(24)25-5/h15,20H,6-14H2,1-5H3,(H,21,22). The first-order valence-electron chi connectivity index (χ1n) is 9.58. The summed E-state index contributed by atoms with van der Waals surface area (Å²) < 4.78 is 20.6. The highest BCUT2D eigenvalue weighted by atomic mass is 16.6. The number of methoxy groups -OCH3 is 1. The maximum Gasteiger partial charge on any atom is 0.322 e. The molecule has 0 aromatic heterocycles. The van der Waals surface area contributed by atoms with Crippen LogP contribution in [0, 0.1) is 0 Å². The Balaban J connectivity index is 3.51. The van der Waals surface area contributed by atoms with Crippen LogP contribution >= 0.6 is 0 Å². The number of rotatable bonds is 15. The molecule has 9 heteroatoms. The average Bonchev–Trinajstić information content (AvgIpc) is 2.61. The molecule has 0 spiro atoms. The van der Waals surface area contributed by atoms with Gasteiger partial charge in [-0.25, -0.2) is 0 Å². The minimum atomic E-state index is -0.487. The Kier molecular flexibility index (Phi) is 14.3. The third-order valence-corrected chi connectivity index (χ3v) is 3.52. The van der Waals surface area contributed by atoms with E-state index in [0.29, 0.717) is 52.2 Å². The van der Waals surface area contributed by atoms with Gasteiger partial charge in [-0.05, 0) is 40.7 Å². The SMILES string of the molecule is CNC(CCC(=O)NCCOCCOCCCC(=O)OC(C)(C)C)C(=O)OC. The Hall–Kier alpha value is -1.71. The van der Waals surface area contributed by atoms with Crippen molar-refractivity contribution in [3.05, 3.63) is 0 Å². The van der Waals surface area contributed by atoms with Crippen molar-refractivity contribution in [3.8, 4) is 0 Å². The van der Waals surface area contributed by atoms with Gasteiger partial charge in [0.2, 0.25) is 5.91 Å². The van der Waals surface area contributed by atoms with Gasteiger partial charge in [-0.3, -0.25) is 14.4 Å². The van der Waals surface area contributed by atoms with Crippen LogP contribution in [0.3, 0.4) is 0 Å². The Bertz CT molecular complexity index is 464. The van der Waals surface area contributed by atoms with Gasteiger partial charge in [0.15, 0.2) is 0 Å². The summed E-state index contributed by atoms with van der Waals surface area (Å²) in [4.78, 5) is 34.6. The Morgan fingerprint density at radius 2 is 1.61 bits per heavy atom. The van der Waals surface area contributed by atoms with Crippen molar-refractivity contribution < 1.29 is 33.3 Å². The quantitative estimate of drug-likeness (QED) is 0.304. The lowest BCUT2D eigenvalue weighted by Gasteiger charge is -2.19. The number of carbonyl (C=O) groups is 3. The van der Waals surface area contributed by atoms with Crippen molar-refractivity contribution in [2.24, 2.45) is 0 Å². The van der Waals surface area contributed by atoms with E-state index in [-0.39, 0.29) is 24.3 Å². The molecule has 0 radical (unpaired) electrons. The summed E-state index contributed by atoms with van der Waals surface area (Å²) >= 11 is 0. The van der Waals surface area contributed by atoms with Crippen LogP contribution in [0.5, 0.6) is 0 Å². The van der Waals surface area contributed by atoms with Gasteiger partial charge in [0.25, 0.3) is 0 Å². The number of nitrogens with one attached hydrogen (secondary N) is 2. The summed E-state index contributed by atoms with van der Waals surface area (Å²) in [7, 11) is 2.96. The molecule has 1 atom stereocenters. The number of hydrogen-bond acceptors (Lipinski definition) is 8. The molecule has 0 aromatic rings. The van der Waals surface area contributed by atoms with Gasteiger partial charge in [-0.15, -0.1) is 0 Å². The molecule has 9 nitrogen and oxygen atoms in total. The van der Waals surface area contributed by atoms with Crippen LogP contribution in [0.4, 0.5) is 0 Å². The van der Waals surface area contributed by atoms with Crippen molar-refractivity contribution in [1.29, 1.82) is 0 Å². The normalized spacial score (nSPS) is 12.3. The van der Waals surface area contributed by atoms with E-state index in [2.05, 4.69) is 15.4 Å². The highest BCUT2D eigenvalue weighted by Gasteiger charge is 2.18. The van der Waals surface area contributed by atoms with Crippen molar-refractivity contribution in [1.82, 2.24) is 10.6 Å². The van der Waals surface area contributed by atoms with E-state index in [0.717, 1.165) is 0 Å². The first-order chi connectivity index (χ1) is 13.2. The molecule has 1 unspecified atom stereocenters. The van der Waals surface area contributed by atoms with E-state index in [9.17, 15) is 14.4 Å². The van der Waals surface area contributed by atoms with Gasteiger partial charge in [0.05, 0.1) is 26.9 Å². The van der Waals surface area contributed by atoms with Crippen LogP contribution < -0.4 is 10.6 Å².